The molecule has 0 aromatic heterocycles. The van der Waals surface area contributed by atoms with Gasteiger partial charge in [-0.2, -0.15) is 0 Å². The van der Waals surface area contributed by atoms with Crippen molar-refractivity contribution in [1.29, 1.82) is 0 Å². The number of halogens is 1. The summed E-state index contributed by atoms with van der Waals surface area (Å²) in [6, 6.07) is 0. The zero-order valence-electron chi connectivity index (χ0n) is 19.3. The summed E-state index contributed by atoms with van der Waals surface area (Å²) in [5.74, 6) is 0.451. The lowest BCUT2D eigenvalue weighted by Gasteiger charge is -2.28. The summed E-state index contributed by atoms with van der Waals surface area (Å²) in [6.45, 7) is 5.71. The number of carbonyl (C=O) groups is 2. The molecular formula is C24H31ClN4O4. The molecule has 2 amide bonds. The first-order chi connectivity index (χ1) is 15.9. The van der Waals surface area contributed by atoms with Crippen LogP contribution in [0.5, 0.6) is 0 Å². The molecule has 1 fully saturated rings. The van der Waals surface area contributed by atoms with Crippen LogP contribution in [0.4, 0.5) is 0 Å². The standard InChI is InChI=1S/C24H31ClN4O4/c1-4-6-22(30)26-15-19-10-16-9-17(12-20(25)21(11-16)33-19)18-13-27-23(28-14-18)24(31)29(5-2)7-8-32-3/h4,6,9,12-14,19,23,27H,5,7-8,10-11,15H2,1-3H3,(H,26,30)/b6-4+. The molecule has 0 aromatic carbocycles. The van der Waals surface area contributed by atoms with Crippen molar-refractivity contribution in [3.63, 3.8) is 0 Å². The highest BCUT2D eigenvalue weighted by molar-refractivity contribution is 6.31. The monoisotopic (exact) mass is 474 g/mol. The smallest absolute Gasteiger partial charge is 0.267 e. The zero-order valence-corrected chi connectivity index (χ0v) is 20.0. The van der Waals surface area contributed by atoms with E-state index in [1.165, 1.54) is 6.08 Å². The van der Waals surface area contributed by atoms with Crippen molar-refractivity contribution in [2.75, 3.05) is 33.4 Å². The number of carbonyl (C=O) groups excluding carboxylic acids is 2. The van der Waals surface area contributed by atoms with Gasteiger partial charge in [-0.25, -0.2) is 0 Å². The van der Waals surface area contributed by atoms with Gasteiger partial charge in [0.25, 0.3) is 5.91 Å². The van der Waals surface area contributed by atoms with Crippen LogP contribution in [-0.2, 0) is 19.1 Å². The Morgan fingerprint density at radius 3 is 2.88 bits per heavy atom. The van der Waals surface area contributed by atoms with Gasteiger partial charge >= 0.3 is 0 Å². The zero-order chi connectivity index (χ0) is 23.8. The molecule has 0 spiro atoms. The van der Waals surface area contributed by atoms with Crippen molar-refractivity contribution in [3.8, 4) is 0 Å². The Morgan fingerprint density at radius 1 is 1.39 bits per heavy atom. The molecule has 8 nitrogen and oxygen atoms in total. The first-order valence-corrected chi connectivity index (χ1v) is 11.5. The topological polar surface area (TPSA) is 92.3 Å². The molecule has 3 aliphatic rings. The third kappa shape index (κ3) is 6.58. The molecule has 2 heterocycles. The molecule has 9 heteroatoms. The van der Waals surface area contributed by atoms with Crippen LogP contribution in [0.2, 0.25) is 0 Å². The number of aliphatic imine (C=N–C) groups is 1. The Morgan fingerprint density at radius 2 is 2.21 bits per heavy atom. The Labute approximate surface area is 199 Å². The van der Waals surface area contributed by atoms with Crippen LogP contribution < -0.4 is 10.6 Å². The summed E-state index contributed by atoms with van der Waals surface area (Å²) in [7, 11) is 1.61. The number of allylic oxidation sites excluding steroid dienone is 7. The average molecular weight is 475 g/mol. The molecule has 2 unspecified atom stereocenters. The van der Waals surface area contributed by atoms with E-state index in [-0.39, 0.29) is 17.9 Å². The number of fused-ring (bicyclic) bond motifs is 2. The number of hydrogen-bond acceptors (Lipinski definition) is 6. The molecule has 1 saturated heterocycles. The van der Waals surface area contributed by atoms with Gasteiger partial charge < -0.3 is 25.0 Å². The number of rotatable bonds is 9. The van der Waals surface area contributed by atoms with Crippen molar-refractivity contribution in [2.24, 2.45) is 4.99 Å². The van der Waals surface area contributed by atoms with E-state index in [9.17, 15) is 9.59 Å². The second kappa shape index (κ2) is 11.9. The fraction of sp³-hybridized carbons (Fsp3) is 0.458. The highest BCUT2D eigenvalue weighted by atomic mass is 35.5. The van der Waals surface area contributed by atoms with Gasteiger partial charge in [0.05, 0.1) is 18.2 Å². The van der Waals surface area contributed by atoms with E-state index in [0.717, 1.165) is 16.7 Å². The fourth-order valence-corrected chi connectivity index (χ4v) is 4.01. The lowest BCUT2D eigenvalue weighted by Crippen LogP contribution is -2.46. The summed E-state index contributed by atoms with van der Waals surface area (Å²) in [4.78, 5) is 30.6. The minimum atomic E-state index is -0.661. The van der Waals surface area contributed by atoms with E-state index >= 15 is 0 Å². The molecule has 3 rings (SSSR count). The van der Waals surface area contributed by atoms with E-state index in [2.05, 4.69) is 21.7 Å². The number of amides is 2. The SMILES string of the molecule is C/C=C/C(=O)NCC1CC2=CC(C3=CNC(C(=O)N(CC)CCOC)N=C3)=CC(Cl)=C(C2)O1. The number of nitrogens with zero attached hydrogens (tertiary/aromatic N) is 2. The molecule has 2 bridgehead atoms. The molecule has 0 radical (unpaired) electrons. The number of hydrogen-bond donors (Lipinski definition) is 2. The van der Waals surface area contributed by atoms with Crippen LogP contribution >= 0.6 is 11.6 Å². The summed E-state index contributed by atoms with van der Waals surface area (Å²) in [5, 5.41) is 6.47. The van der Waals surface area contributed by atoms with Gasteiger partial charge in [-0.1, -0.05) is 29.3 Å². The van der Waals surface area contributed by atoms with Crippen LogP contribution in [0.15, 0.2) is 63.0 Å². The van der Waals surface area contributed by atoms with Crippen LogP contribution in [0, 0.1) is 0 Å². The quantitative estimate of drug-likeness (QED) is 0.501. The number of likely N-dealkylation sites (N-methyl/N-ethyl adjacent to an activating group) is 1. The van der Waals surface area contributed by atoms with Crippen molar-refractivity contribution in [1.82, 2.24) is 15.5 Å². The maximum Gasteiger partial charge on any atom is 0.267 e. The molecule has 2 atom stereocenters. The summed E-state index contributed by atoms with van der Waals surface area (Å²) >= 11 is 6.55. The van der Waals surface area contributed by atoms with Crippen LogP contribution in [0.3, 0.4) is 0 Å². The molecule has 1 aliphatic carbocycles. The lowest BCUT2D eigenvalue weighted by molar-refractivity contribution is -0.133. The molecule has 33 heavy (non-hydrogen) atoms. The van der Waals surface area contributed by atoms with Crippen LogP contribution in [0.25, 0.3) is 0 Å². The predicted octanol–water partition coefficient (Wildman–Crippen LogP) is 2.55. The van der Waals surface area contributed by atoms with E-state index in [1.54, 1.807) is 37.4 Å². The van der Waals surface area contributed by atoms with Gasteiger partial charge in [0.15, 0.2) is 6.17 Å². The van der Waals surface area contributed by atoms with Gasteiger partial charge in [-0.05, 0) is 31.6 Å². The Balaban J connectivity index is 1.67. The Kier molecular flexibility index (Phi) is 8.91. The molecule has 2 N–H and O–H groups in total. The molecule has 0 saturated carbocycles. The van der Waals surface area contributed by atoms with E-state index in [1.807, 2.05) is 13.0 Å². The van der Waals surface area contributed by atoms with Gasteiger partial charge in [0, 0.05) is 51.0 Å². The van der Waals surface area contributed by atoms with Crippen molar-refractivity contribution < 1.29 is 19.1 Å². The van der Waals surface area contributed by atoms with E-state index in [0.29, 0.717) is 49.9 Å². The second-order valence-corrected chi connectivity index (χ2v) is 8.30. The average Bonchev–Trinajstić information content (AvgIpc) is 2.93. The normalized spacial score (nSPS) is 22.0. The first kappa shape index (κ1) is 24.8. The van der Waals surface area contributed by atoms with Crippen molar-refractivity contribution in [3.05, 3.63) is 58.0 Å². The van der Waals surface area contributed by atoms with Crippen LogP contribution in [0.1, 0.15) is 26.7 Å². The highest BCUT2D eigenvalue weighted by Crippen LogP contribution is 2.36. The third-order valence-electron chi connectivity index (χ3n) is 5.50. The third-order valence-corrected chi connectivity index (χ3v) is 5.82. The Hall–Kier alpha value is -2.84. The van der Waals surface area contributed by atoms with Gasteiger partial charge in [0.1, 0.15) is 11.9 Å². The minimum absolute atomic E-state index is 0.0958. The molecular weight excluding hydrogens is 444 g/mol. The Bertz CT molecular complexity index is 948. The summed E-state index contributed by atoms with van der Waals surface area (Å²) < 4.78 is 11.1. The maximum absolute atomic E-state index is 12.7. The van der Waals surface area contributed by atoms with Crippen LogP contribution in [-0.4, -0.2) is 68.5 Å². The fourth-order valence-electron chi connectivity index (χ4n) is 3.79. The summed E-state index contributed by atoms with van der Waals surface area (Å²) in [6.07, 6.45) is 11.1. The first-order valence-electron chi connectivity index (χ1n) is 11.1. The molecule has 2 aliphatic heterocycles. The predicted molar refractivity (Wildman–Crippen MR) is 129 cm³/mol. The minimum Gasteiger partial charge on any atom is -0.491 e. The van der Waals surface area contributed by atoms with Gasteiger partial charge in [-0.15, -0.1) is 0 Å². The maximum atomic E-state index is 12.7. The summed E-state index contributed by atoms with van der Waals surface area (Å²) in [5.41, 5.74) is 2.88. The number of methoxy groups -OCH3 is 1. The second-order valence-electron chi connectivity index (χ2n) is 7.90. The molecule has 0 aromatic rings. The van der Waals surface area contributed by atoms with Crippen molar-refractivity contribution in [2.45, 2.75) is 39.0 Å². The largest absolute Gasteiger partial charge is 0.491 e. The van der Waals surface area contributed by atoms with Gasteiger partial charge in [0.2, 0.25) is 5.91 Å². The number of ether oxygens (including phenoxy) is 2. The lowest BCUT2D eigenvalue weighted by atomic mass is 9.97. The van der Waals surface area contributed by atoms with E-state index < -0.39 is 6.17 Å². The highest BCUT2D eigenvalue weighted by Gasteiger charge is 2.27. The molecule has 178 valence electrons. The van der Waals surface area contributed by atoms with Gasteiger partial charge in [-0.3, -0.25) is 14.6 Å². The van der Waals surface area contributed by atoms with Crippen molar-refractivity contribution >= 4 is 29.6 Å². The number of nitrogens with one attached hydrogen (secondary N) is 2. The van der Waals surface area contributed by atoms with E-state index in [4.69, 9.17) is 21.1 Å².